The first-order chi connectivity index (χ1) is 8.26. The quantitative estimate of drug-likeness (QED) is 0.715. The molecule has 1 unspecified atom stereocenters. The Kier molecular flexibility index (Phi) is 6.62. The second-order valence-corrected chi connectivity index (χ2v) is 3.84. The first-order valence-electron chi connectivity index (χ1n) is 5.85. The number of nitrogens with one attached hydrogen (secondary N) is 1. The summed E-state index contributed by atoms with van der Waals surface area (Å²) in [5.41, 5.74) is 1.22. The van der Waals surface area contributed by atoms with E-state index in [9.17, 15) is 5.11 Å². The standard InChI is InChI=1S/C13H21NO3/c1-3-14-8-11-4-6-13(7-5-11)17-10-12(15)9-16-2/h4-7,12,14-15H,3,8-10H2,1-2H3. The van der Waals surface area contributed by atoms with Crippen molar-refractivity contribution in [3.05, 3.63) is 29.8 Å². The Hall–Kier alpha value is -1.10. The molecule has 0 aliphatic rings. The number of benzene rings is 1. The molecule has 1 atom stereocenters. The van der Waals surface area contributed by atoms with E-state index in [1.807, 2.05) is 24.3 Å². The van der Waals surface area contributed by atoms with Gasteiger partial charge in [-0.2, -0.15) is 0 Å². The number of aliphatic hydroxyl groups excluding tert-OH is 1. The average molecular weight is 239 g/mol. The van der Waals surface area contributed by atoms with Crippen LogP contribution in [0, 0.1) is 0 Å². The van der Waals surface area contributed by atoms with Crippen LogP contribution in [0.2, 0.25) is 0 Å². The lowest BCUT2D eigenvalue weighted by Crippen LogP contribution is -2.22. The molecule has 2 N–H and O–H groups in total. The molecule has 0 aliphatic heterocycles. The molecular weight excluding hydrogens is 218 g/mol. The third kappa shape index (κ3) is 5.68. The van der Waals surface area contributed by atoms with E-state index in [2.05, 4.69) is 12.2 Å². The van der Waals surface area contributed by atoms with Gasteiger partial charge in [-0.3, -0.25) is 0 Å². The second kappa shape index (κ2) is 8.06. The van der Waals surface area contributed by atoms with Gasteiger partial charge < -0.3 is 19.9 Å². The maximum atomic E-state index is 9.42. The number of hydrogen-bond donors (Lipinski definition) is 2. The first kappa shape index (κ1) is 14.0. The molecule has 0 heterocycles. The summed E-state index contributed by atoms with van der Waals surface area (Å²) in [4.78, 5) is 0. The molecule has 17 heavy (non-hydrogen) atoms. The van der Waals surface area contributed by atoms with Gasteiger partial charge in [0, 0.05) is 13.7 Å². The second-order valence-electron chi connectivity index (χ2n) is 3.84. The highest BCUT2D eigenvalue weighted by molar-refractivity contribution is 5.27. The van der Waals surface area contributed by atoms with Crippen molar-refractivity contribution in [2.24, 2.45) is 0 Å². The number of rotatable bonds is 8. The van der Waals surface area contributed by atoms with Crippen LogP contribution >= 0.6 is 0 Å². The Bertz CT molecular complexity index is 300. The van der Waals surface area contributed by atoms with Crippen LogP contribution in [0.5, 0.6) is 5.75 Å². The van der Waals surface area contributed by atoms with Gasteiger partial charge in [0.05, 0.1) is 6.61 Å². The highest BCUT2D eigenvalue weighted by atomic mass is 16.5. The Labute approximate surface area is 103 Å². The van der Waals surface area contributed by atoms with Crippen LogP contribution < -0.4 is 10.1 Å². The first-order valence-corrected chi connectivity index (χ1v) is 5.85. The molecule has 0 saturated heterocycles. The molecule has 4 nitrogen and oxygen atoms in total. The van der Waals surface area contributed by atoms with E-state index in [-0.39, 0.29) is 6.61 Å². The lowest BCUT2D eigenvalue weighted by atomic mass is 10.2. The van der Waals surface area contributed by atoms with Gasteiger partial charge in [-0.1, -0.05) is 19.1 Å². The van der Waals surface area contributed by atoms with Gasteiger partial charge in [0.25, 0.3) is 0 Å². The van der Waals surface area contributed by atoms with Crippen LogP contribution in [0.25, 0.3) is 0 Å². The predicted molar refractivity (Wildman–Crippen MR) is 67.2 cm³/mol. The van der Waals surface area contributed by atoms with E-state index in [0.717, 1.165) is 18.8 Å². The molecule has 0 aromatic heterocycles. The summed E-state index contributed by atoms with van der Waals surface area (Å²) in [6.45, 7) is 4.44. The molecule has 1 rings (SSSR count). The van der Waals surface area contributed by atoms with Gasteiger partial charge in [0.2, 0.25) is 0 Å². The summed E-state index contributed by atoms with van der Waals surface area (Å²) < 4.78 is 10.2. The molecule has 0 radical (unpaired) electrons. The molecular formula is C13H21NO3. The minimum Gasteiger partial charge on any atom is -0.491 e. The molecule has 1 aromatic rings. The third-order valence-electron chi connectivity index (χ3n) is 2.30. The summed E-state index contributed by atoms with van der Waals surface area (Å²) in [6.07, 6.45) is -0.582. The minimum atomic E-state index is -0.582. The molecule has 0 fully saturated rings. The maximum absolute atomic E-state index is 9.42. The normalized spacial score (nSPS) is 12.4. The Balaban J connectivity index is 2.34. The van der Waals surface area contributed by atoms with Crippen molar-refractivity contribution in [1.29, 1.82) is 0 Å². The highest BCUT2D eigenvalue weighted by Crippen LogP contribution is 2.12. The number of methoxy groups -OCH3 is 1. The van der Waals surface area contributed by atoms with Crippen LogP contribution in [0.15, 0.2) is 24.3 Å². The molecule has 0 saturated carbocycles. The monoisotopic (exact) mass is 239 g/mol. The zero-order valence-electron chi connectivity index (χ0n) is 10.5. The minimum absolute atomic E-state index is 0.250. The van der Waals surface area contributed by atoms with Gasteiger partial charge in [-0.25, -0.2) is 0 Å². The van der Waals surface area contributed by atoms with Crippen molar-refractivity contribution < 1.29 is 14.6 Å². The van der Waals surface area contributed by atoms with Crippen molar-refractivity contribution in [3.63, 3.8) is 0 Å². The fourth-order valence-electron chi connectivity index (χ4n) is 1.41. The van der Waals surface area contributed by atoms with Gasteiger partial charge in [0.1, 0.15) is 18.5 Å². The summed E-state index contributed by atoms with van der Waals surface area (Å²) in [5.74, 6) is 0.764. The zero-order chi connectivity index (χ0) is 12.5. The number of ether oxygens (including phenoxy) is 2. The molecule has 0 amide bonds. The maximum Gasteiger partial charge on any atom is 0.119 e. The van der Waals surface area contributed by atoms with Crippen molar-refractivity contribution in [3.8, 4) is 5.75 Å². The Morgan fingerprint density at radius 2 is 1.94 bits per heavy atom. The zero-order valence-corrected chi connectivity index (χ0v) is 10.5. The van der Waals surface area contributed by atoms with Crippen LogP contribution in [-0.4, -0.2) is 38.1 Å². The van der Waals surface area contributed by atoms with E-state index in [4.69, 9.17) is 9.47 Å². The van der Waals surface area contributed by atoms with Crippen molar-refractivity contribution in [1.82, 2.24) is 5.32 Å². The van der Waals surface area contributed by atoms with E-state index >= 15 is 0 Å². The van der Waals surface area contributed by atoms with Crippen LogP contribution in [-0.2, 0) is 11.3 Å². The van der Waals surface area contributed by atoms with Gasteiger partial charge in [-0.15, -0.1) is 0 Å². The molecule has 96 valence electrons. The molecule has 4 heteroatoms. The van der Waals surface area contributed by atoms with Crippen molar-refractivity contribution in [2.75, 3.05) is 26.9 Å². The summed E-state index contributed by atoms with van der Waals surface area (Å²) in [7, 11) is 1.55. The van der Waals surface area contributed by atoms with Crippen LogP contribution in [0.3, 0.4) is 0 Å². The Morgan fingerprint density at radius 3 is 2.53 bits per heavy atom. The fraction of sp³-hybridized carbons (Fsp3) is 0.538. The van der Waals surface area contributed by atoms with E-state index in [1.165, 1.54) is 5.56 Å². The summed E-state index contributed by atoms with van der Waals surface area (Å²) >= 11 is 0. The average Bonchev–Trinajstić information content (AvgIpc) is 2.35. The molecule has 0 bridgehead atoms. The molecule has 0 aliphatic carbocycles. The number of hydrogen-bond acceptors (Lipinski definition) is 4. The number of aliphatic hydroxyl groups is 1. The molecule has 1 aromatic carbocycles. The summed E-state index contributed by atoms with van der Waals surface area (Å²) in [6, 6.07) is 7.85. The summed E-state index contributed by atoms with van der Waals surface area (Å²) in [5, 5.41) is 12.7. The fourth-order valence-corrected chi connectivity index (χ4v) is 1.41. The van der Waals surface area contributed by atoms with Gasteiger partial charge in [0.15, 0.2) is 0 Å². The Morgan fingerprint density at radius 1 is 1.24 bits per heavy atom. The van der Waals surface area contributed by atoms with Crippen LogP contribution in [0.1, 0.15) is 12.5 Å². The van der Waals surface area contributed by atoms with Crippen molar-refractivity contribution >= 4 is 0 Å². The van der Waals surface area contributed by atoms with Gasteiger partial charge in [-0.05, 0) is 24.2 Å². The topological polar surface area (TPSA) is 50.7 Å². The van der Waals surface area contributed by atoms with E-state index in [0.29, 0.717) is 6.61 Å². The van der Waals surface area contributed by atoms with E-state index < -0.39 is 6.10 Å². The lowest BCUT2D eigenvalue weighted by molar-refractivity contribution is 0.0325. The highest BCUT2D eigenvalue weighted by Gasteiger charge is 2.04. The smallest absolute Gasteiger partial charge is 0.119 e. The van der Waals surface area contributed by atoms with E-state index in [1.54, 1.807) is 7.11 Å². The van der Waals surface area contributed by atoms with Crippen LogP contribution in [0.4, 0.5) is 0 Å². The lowest BCUT2D eigenvalue weighted by Gasteiger charge is -2.11. The van der Waals surface area contributed by atoms with Gasteiger partial charge >= 0.3 is 0 Å². The SMILES string of the molecule is CCNCc1ccc(OCC(O)COC)cc1. The largest absolute Gasteiger partial charge is 0.491 e. The molecule has 0 spiro atoms. The third-order valence-corrected chi connectivity index (χ3v) is 2.30. The predicted octanol–water partition coefficient (Wildman–Crippen LogP) is 1.18. The van der Waals surface area contributed by atoms with Crippen molar-refractivity contribution in [2.45, 2.75) is 19.6 Å².